The summed E-state index contributed by atoms with van der Waals surface area (Å²) in [5.74, 6) is -0.195. The molecule has 0 unspecified atom stereocenters. The van der Waals surface area contributed by atoms with Gasteiger partial charge in [-0.25, -0.2) is 4.90 Å². The van der Waals surface area contributed by atoms with Gasteiger partial charge < -0.3 is 0 Å². The predicted octanol–water partition coefficient (Wildman–Crippen LogP) is 2.69. The van der Waals surface area contributed by atoms with Crippen LogP contribution in [0.15, 0.2) is 48.5 Å². The second kappa shape index (κ2) is 5.87. The summed E-state index contributed by atoms with van der Waals surface area (Å²) in [4.78, 5) is 28.9. The molecule has 2 heterocycles. The number of imide groups is 1. The third kappa shape index (κ3) is 2.53. The summed E-state index contributed by atoms with van der Waals surface area (Å²) in [5.41, 5.74) is 4.34. The van der Waals surface area contributed by atoms with E-state index >= 15 is 0 Å². The Bertz CT molecular complexity index is 815. The minimum absolute atomic E-state index is 0.0926. The third-order valence-corrected chi connectivity index (χ3v) is 4.98. The summed E-state index contributed by atoms with van der Waals surface area (Å²) in [6.07, 6.45) is 1.20. The van der Waals surface area contributed by atoms with Gasteiger partial charge in [0.25, 0.3) is 5.91 Å². The number of fused-ring (bicyclic) bond motifs is 1. The maximum Gasteiger partial charge on any atom is 0.251 e. The van der Waals surface area contributed by atoms with Crippen LogP contribution in [0, 0.1) is 6.92 Å². The molecule has 0 aliphatic carbocycles. The van der Waals surface area contributed by atoms with Gasteiger partial charge in [-0.2, -0.15) is 0 Å². The lowest BCUT2D eigenvalue weighted by molar-refractivity contribution is -0.123. The van der Waals surface area contributed by atoms with E-state index in [2.05, 4.69) is 23.1 Å². The number of anilines is 1. The summed E-state index contributed by atoms with van der Waals surface area (Å²) in [7, 11) is 0. The number of hydrogen-bond donors (Lipinski definition) is 0. The molecule has 4 rings (SSSR count). The highest BCUT2D eigenvalue weighted by atomic mass is 16.2. The van der Waals surface area contributed by atoms with Crippen LogP contribution in [0.2, 0.25) is 0 Å². The Morgan fingerprint density at radius 2 is 1.79 bits per heavy atom. The number of carbonyl (C=O) groups excluding carboxylic acids is 2. The molecule has 0 radical (unpaired) electrons. The molecule has 0 bridgehead atoms. The summed E-state index contributed by atoms with van der Waals surface area (Å²) < 4.78 is 0. The van der Waals surface area contributed by atoms with Crippen LogP contribution in [0.4, 0.5) is 5.69 Å². The van der Waals surface area contributed by atoms with Gasteiger partial charge in [0.05, 0.1) is 18.2 Å². The van der Waals surface area contributed by atoms with Crippen LogP contribution in [-0.2, 0) is 22.6 Å². The molecule has 1 atom stereocenters. The molecule has 0 spiro atoms. The van der Waals surface area contributed by atoms with E-state index in [9.17, 15) is 9.59 Å². The zero-order chi connectivity index (χ0) is 16.7. The highest BCUT2D eigenvalue weighted by Crippen LogP contribution is 2.29. The molecule has 2 aromatic carbocycles. The van der Waals surface area contributed by atoms with Crippen LogP contribution in [-0.4, -0.2) is 29.3 Å². The Morgan fingerprint density at radius 3 is 2.58 bits per heavy atom. The number of hydrogen-bond acceptors (Lipinski definition) is 3. The van der Waals surface area contributed by atoms with Crippen molar-refractivity contribution in [1.82, 2.24) is 4.90 Å². The van der Waals surface area contributed by atoms with Gasteiger partial charge in [-0.1, -0.05) is 36.4 Å². The van der Waals surface area contributed by atoms with Crippen molar-refractivity contribution < 1.29 is 9.59 Å². The number of benzene rings is 2. The number of amides is 2. The van der Waals surface area contributed by atoms with E-state index in [0.717, 1.165) is 25.1 Å². The lowest BCUT2D eigenvalue weighted by Gasteiger charge is -2.32. The number of aryl methyl sites for hydroxylation is 1. The van der Waals surface area contributed by atoms with Crippen molar-refractivity contribution in [2.24, 2.45) is 0 Å². The van der Waals surface area contributed by atoms with Crippen molar-refractivity contribution in [3.05, 3.63) is 65.2 Å². The van der Waals surface area contributed by atoms with Crippen molar-refractivity contribution in [2.75, 3.05) is 11.4 Å². The zero-order valence-electron chi connectivity index (χ0n) is 13.7. The normalized spacial score (nSPS) is 21.2. The number of rotatable bonds is 2. The van der Waals surface area contributed by atoms with Gasteiger partial charge in [-0.15, -0.1) is 0 Å². The molecule has 4 heteroatoms. The van der Waals surface area contributed by atoms with Gasteiger partial charge in [0.2, 0.25) is 5.91 Å². The largest absolute Gasteiger partial charge is 0.287 e. The summed E-state index contributed by atoms with van der Waals surface area (Å²) >= 11 is 0. The minimum atomic E-state index is -0.341. The van der Waals surface area contributed by atoms with Crippen LogP contribution in [0.1, 0.15) is 23.1 Å². The number of carbonyl (C=O) groups is 2. The van der Waals surface area contributed by atoms with E-state index < -0.39 is 0 Å². The topological polar surface area (TPSA) is 40.6 Å². The average Bonchev–Trinajstić information content (AvgIpc) is 2.89. The maximum atomic E-state index is 12.9. The molecule has 4 nitrogen and oxygen atoms in total. The van der Waals surface area contributed by atoms with Gasteiger partial charge in [0.15, 0.2) is 0 Å². The second-order valence-electron chi connectivity index (χ2n) is 6.62. The van der Waals surface area contributed by atoms with Crippen molar-refractivity contribution in [1.29, 1.82) is 0 Å². The van der Waals surface area contributed by atoms with Crippen LogP contribution >= 0.6 is 0 Å². The Morgan fingerprint density at radius 1 is 1.00 bits per heavy atom. The third-order valence-electron chi connectivity index (χ3n) is 4.98. The molecule has 2 aliphatic rings. The Kier molecular flexibility index (Phi) is 3.69. The van der Waals surface area contributed by atoms with E-state index in [-0.39, 0.29) is 24.3 Å². The van der Waals surface area contributed by atoms with Crippen LogP contribution in [0.5, 0.6) is 0 Å². The zero-order valence-corrected chi connectivity index (χ0v) is 13.7. The van der Waals surface area contributed by atoms with Gasteiger partial charge in [-0.3, -0.25) is 14.5 Å². The molecule has 24 heavy (non-hydrogen) atoms. The lowest BCUT2D eigenvalue weighted by Crippen LogP contribution is -2.44. The molecule has 2 aliphatic heterocycles. The first kappa shape index (κ1) is 15.1. The highest BCUT2D eigenvalue weighted by molar-refractivity contribution is 6.22. The fourth-order valence-corrected chi connectivity index (χ4v) is 3.72. The highest BCUT2D eigenvalue weighted by Gasteiger charge is 2.43. The van der Waals surface area contributed by atoms with Crippen LogP contribution in [0.3, 0.4) is 0 Å². The smallest absolute Gasteiger partial charge is 0.251 e. The molecule has 0 saturated carbocycles. The molecule has 1 saturated heterocycles. The van der Waals surface area contributed by atoms with Crippen molar-refractivity contribution >= 4 is 17.5 Å². The van der Waals surface area contributed by atoms with Crippen molar-refractivity contribution in [3.8, 4) is 0 Å². The minimum Gasteiger partial charge on any atom is -0.287 e. The van der Waals surface area contributed by atoms with E-state index in [1.165, 1.54) is 16.0 Å². The first-order chi connectivity index (χ1) is 11.6. The first-order valence-corrected chi connectivity index (χ1v) is 8.38. The molecule has 0 N–H and O–H groups in total. The van der Waals surface area contributed by atoms with Crippen molar-refractivity contribution in [3.63, 3.8) is 0 Å². The summed E-state index contributed by atoms with van der Waals surface area (Å²) in [6, 6.07) is 15.6. The summed E-state index contributed by atoms with van der Waals surface area (Å²) in [6.45, 7) is 3.53. The monoisotopic (exact) mass is 320 g/mol. The molecule has 1 fully saturated rings. The molecule has 2 amide bonds. The Labute approximate surface area is 141 Å². The molecular weight excluding hydrogens is 300 g/mol. The Hall–Kier alpha value is -2.46. The average molecular weight is 320 g/mol. The van der Waals surface area contributed by atoms with E-state index in [0.29, 0.717) is 5.69 Å². The van der Waals surface area contributed by atoms with E-state index in [4.69, 9.17) is 0 Å². The summed E-state index contributed by atoms with van der Waals surface area (Å²) in [5, 5.41) is 0. The van der Waals surface area contributed by atoms with E-state index in [1.54, 1.807) is 0 Å². The maximum absolute atomic E-state index is 12.9. The standard InChI is InChI=1S/C20H20N2O2/c1-14-5-4-8-17(11-14)22-19(23)12-18(20(22)24)21-10-9-15-6-2-3-7-16(15)13-21/h2-8,11,18H,9-10,12-13H2,1H3/t18-/m1/s1. The molecule has 2 aromatic rings. The van der Waals surface area contributed by atoms with Crippen molar-refractivity contribution in [2.45, 2.75) is 32.4 Å². The molecule has 0 aromatic heterocycles. The molecular formula is C20H20N2O2. The quantitative estimate of drug-likeness (QED) is 0.799. The first-order valence-electron chi connectivity index (χ1n) is 8.38. The Balaban J connectivity index is 1.58. The second-order valence-corrected chi connectivity index (χ2v) is 6.62. The number of nitrogens with zero attached hydrogens (tertiary/aromatic N) is 2. The fraction of sp³-hybridized carbons (Fsp3) is 0.300. The van der Waals surface area contributed by atoms with Crippen LogP contribution in [0.25, 0.3) is 0 Å². The SMILES string of the molecule is Cc1cccc(N2C(=O)C[C@@H](N3CCc4ccccc4C3)C2=O)c1. The van der Waals surface area contributed by atoms with Crippen LogP contribution < -0.4 is 4.90 Å². The lowest BCUT2D eigenvalue weighted by atomic mass is 9.98. The van der Waals surface area contributed by atoms with E-state index in [1.807, 2.05) is 37.3 Å². The van der Waals surface area contributed by atoms with Gasteiger partial charge >= 0.3 is 0 Å². The predicted molar refractivity (Wildman–Crippen MR) is 92.6 cm³/mol. The fourth-order valence-electron chi connectivity index (χ4n) is 3.72. The molecule has 122 valence electrons. The van der Waals surface area contributed by atoms with Gasteiger partial charge in [0, 0.05) is 13.1 Å². The van der Waals surface area contributed by atoms with Gasteiger partial charge in [0.1, 0.15) is 0 Å². The van der Waals surface area contributed by atoms with Gasteiger partial charge in [-0.05, 0) is 42.2 Å².